The molecule has 5 N–H and O–H groups in total. The van der Waals surface area contributed by atoms with E-state index in [1.165, 1.54) is 6.07 Å². The second kappa shape index (κ2) is 7.51. The number of carboxylic acids is 3. The summed E-state index contributed by atoms with van der Waals surface area (Å²) in [4.78, 5) is 49.2. The molecule has 1 atom stereocenters. The normalized spacial score (nSPS) is 17.0. The van der Waals surface area contributed by atoms with Crippen LogP contribution in [0.2, 0.25) is 10.0 Å². The van der Waals surface area contributed by atoms with Crippen molar-refractivity contribution in [2.45, 2.75) is 5.60 Å². The van der Waals surface area contributed by atoms with Gasteiger partial charge in [-0.05, 0) is 30.3 Å². The van der Waals surface area contributed by atoms with Crippen molar-refractivity contribution in [3.05, 3.63) is 79.3 Å². The zero-order valence-electron chi connectivity index (χ0n) is 17.3. The number of halogens is 2. The van der Waals surface area contributed by atoms with E-state index in [-0.39, 0.29) is 28.0 Å². The number of esters is 1. The molecule has 0 aliphatic carbocycles. The summed E-state index contributed by atoms with van der Waals surface area (Å²) in [6, 6.07) is 5.59. The highest BCUT2D eigenvalue weighted by atomic mass is 35.5. The van der Waals surface area contributed by atoms with Gasteiger partial charge in [-0.3, -0.25) is 0 Å². The van der Waals surface area contributed by atoms with Crippen molar-refractivity contribution in [1.82, 2.24) is 0 Å². The first-order valence-corrected chi connectivity index (χ1v) is 10.5. The molecule has 0 radical (unpaired) electrons. The Labute approximate surface area is 209 Å². The molecule has 2 aliphatic rings. The minimum Gasteiger partial charge on any atom is -0.506 e. The van der Waals surface area contributed by atoms with Crippen molar-refractivity contribution >= 4 is 47.1 Å². The number of ether oxygens (including phenoxy) is 2. The maximum atomic E-state index is 13.0. The first kappa shape index (κ1) is 23.3. The smallest absolute Gasteiger partial charge is 0.340 e. The molecule has 2 aliphatic heterocycles. The van der Waals surface area contributed by atoms with Gasteiger partial charge in [-0.1, -0.05) is 23.2 Å². The number of aromatic hydroxyl groups is 2. The molecule has 36 heavy (non-hydrogen) atoms. The van der Waals surface area contributed by atoms with E-state index >= 15 is 0 Å². The third-order valence-electron chi connectivity index (χ3n) is 5.92. The fourth-order valence-electron chi connectivity index (χ4n) is 4.48. The number of hydrogen-bond donors (Lipinski definition) is 5. The van der Waals surface area contributed by atoms with Crippen LogP contribution in [-0.4, -0.2) is 49.4 Å². The van der Waals surface area contributed by atoms with Crippen molar-refractivity contribution in [3.63, 3.8) is 0 Å². The van der Waals surface area contributed by atoms with Gasteiger partial charge in [-0.2, -0.15) is 0 Å². The Morgan fingerprint density at radius 3 is 2.08 bits per heavy atom. The average Bonchev–Trinajstić information content (AvgIpc) is 3.10. The van der Waals surface area contributed by atoms with Crippen molar-refractivity contribution in [2.24, 2.45) is 0 Å². The van der Waals surface area contributed by atoms with E-state index in [4.69, 9.17) is 32.7 Å². The standard InChI is InChI=1S/C23H10Cl2O11/c24-14-10(26)4-3-8-17(14)35-18-13(11(20(30)31)12(21(32)33)16(27)15(18)25)23(8)9-5-6(19(28)29)1-2-7(9)22(34)36-23/h1-5,26-27H,(H,28,29)(H,30,31)(H,32,33). The van der Waals surface area contributed by atoms with Gasteiger partial charge in [-0.25, -0.2) is 19.2 Å². The maximum Gasteiger partial charge on any atom is 0.340 e. The number of fused-ring (bicyclic) bond motifs is 6. The highest BCUT2D eigenvalue weighted by Gasteiger charge is 2.58. The van der Waals surface area contributed by atoms with Gasteiger partial charge in [0.15, 0.2) is 22.8 Å². The molecule has 2 heterocycles. The van der Waals surface area contributed by atoms with Crippen molar-refractivity contribution in [2.75, 3.05) is 0 Å². The first-order valence-electron chi connectivity index (χ1n) is 9.78. The van der Waals surface area contributed by atoms with E-state index in [0.717, 1.165) is 24.3 Å². The minimum absolute atomic E-state index is 0.159. The molecule has 1 spiro atoms. The number of carbonyl (C=O) groups excluding carboxylic acids is 1. The van der Waals surface area contributed by atoms with Crippen LogP contribution in [0.25, 0.3) is 0 Å². The lowest BCUT2D eigenvalue weighted by atomic mass is 9.74. The van der Waals surface area contributed by atoms with Gasteiger partial charge < -0.3 is 35.0 Å². The zero-order valence-corrected chi connectivity index (χ0v) is 18.8. The molecular formula is C23H10Cl2O11. The van der Waals surface area contributed by atoms with Crippen LogP contribution in [0.1, 0.15) is 58.1 Å². The molecule has 0 saturated carbocycles. The Morgan fingerprint density at radius 2 is 1.47 bits per heavy atom. The van der Waals surface area contributed by atoms with Crippen LogP contribution < -0.4 is 4.74 Å². The van der Waals surface area contributed by atoms with Gasteiger partial charge >= 0.3 is 23.9 Å². The molecular weight excluding hydrogens is 523 g/mol. The van der Waals surface area contributed by atoms with Crippen LogP contribution >= 0.6 is 23.2 Å². The maximum absolute atomic E-state index is 13.0. The molecule has 0 fully saturated rings. The van der Waals surface area contributed by atoms with Crippen LogP contribution in [0.4, 0.5) is 0 Å². The largest absolute Gasteiger partial charge is 0.506 e. The Kier molecular flexibility index (Phi) is 4.85. The van der Waals surface area contributed by atoms with E-state index in [1.54, 1.807) is 0 Å². The average molecular weight is 533 g/mol. The van der Waals surface area contributed by atoms with Gasteiger partial charge in [0, 0.05) is 11.1 Å². The summed E-state index contributed by atoms with van der Waals surface area (Å²) in [7, 11) is 0. The molecule has 11 nitrogen and oxygen atoms in total. The van der Waals surface area contributed by atoms with Crippen LogP contribution in [-0.2, 0) is 10.3 Å². The molecule has 182 valence electrons. The van der Waals surface area contributed by atoms with Gasteiger partial charge in [0.05, 0.1) is 22.3 Å². The second-order valence-electron chi connectivity index (χ2n) is 7.74. The Balaban J connectivity index is 2.07. The number of carbonyl (C=O) groups is 4. The van der Waals surface area contributed by atoms with E-state index in [0.29, 0.717) is 0 Å². The summed E-state index contributed by atoms with van der Waals surface area (Å²) in [6.07, 6.45) is 0. The minimum atomic E-state index is -2.34. The van der Waals surface area contributed by atoms with Crippen LogP contribution in [0.15, 0.2) is 30.3 Å². The molecule has 1 unspecified atom stereocenters. The number of phenols is 2. The van der Waals surface area contributed by atoms with Crippen molar-refractivity contribution in [1.29, 1.82) is 0 Å². The third-order valence-corrected chi connectivity index (χ3v) is 6.64. The molecule has 3 aromatic carbocycles. The summed E-state index contributed by atoms with van der Waals surface area (Å²) in [5, 5.41) is 48.8. The Hall–Kier alpha value is -4.48. The Bertz CT molecular complexity index is 1590. The number of benzene rings is 3. The monoisotopic (exact) mass is 532 g/mol. The molecule has 0 bridgehead atoms. The lowest BCUT2D eigenvalue weighted by molar-refractivity contribution is 0.0215. The van der Waals surface area contributed by atoms with Gasteiger partial charge in [0.25, 0.3) is 0 Å². The first-order chi connectivity index (χ1) is 16.9. The van der Waals surface area contributed by atoms with Crippen molar-refractivity contribution < 1.29 is 54.2 Å². The lowest BCUT2D eigenvalue weighted by Crippen LogP contribution is -2.36. The molecule has 13 heteroatoms. The van der Waals surface area contributed by atoms with Gasteiger partial charge in [-0.15, -0.1) is 0 Å². The summed E-state index contributed by atoms with van der Waals surface area (Å²) in [5.74, 6) is -8.75. The molecule has 0 aromatic heterocycles. The summed E-state index contributed by atoms with van der Waals surface area (Å²) in [5.41, 5.74) is -5.91. The summed E-state index contributed by atoms with van der Waals surface area (Å²) in [6.45, 7) is 0. The van der Waals surface area contributed by atoms with Crippen molar-refractivity contribution in [3.8, 4) is 23.0 Å². The molecule has 0 saturated heterocycles. The van der Waals surface area contributed by atoms with Gasteiger partial charge in [0.2, 0.25) is 0 Å². The fraction of sp³-hybridized carbons (Fsp3) is 0.0435. The number of rotatable bonds is 3. The topological polar surface area (TPSA) is 188 Å². The number of aromatic carboxylic acids is 3. The van der Waals surface area contributed by atoms with E-state index in [2.05, 4.69) is 0 Å². The highest BCUT2D eigenvalue weighted by Crippen LogP contribution is 2.62. The predicted octanol–water partition coefficient (Wildman–Crippen LogP) is 4.07. The van der Waals surface area contributed by atoms with Crippen LogP contribution in [0.5, 0.6) is 23.0 Å². The number of carboxylic acid groups (broad SMARTS) is 3. The van der Waals surface area contributed by atoms with E-state index in [1.807, 2.05) is 0 Å². The number of phenolic OH excluding ortho intramolecular Hbond substituents is 1. The van der Waals surface area contributed by atoms with E-state index in [9.17, 15) is 44.7 Å². The zero-order chi connectivity index (χ0) is 26.3. The number of hydrogen-bond acceptors (Lipinski definition) is 8. The second-order valence-corrected chi connectivity index (χ2v) is 8.50. The quantitative estimate of drug-likeness (QED) is 0.305. The SMILES string of the molecule is O=C(O)c1ccc2c(c1)C1(OC2=O)c2ccc(O)c(Cl)c2Oc2c(Cl)c(O)c(C(=O)O)c(C(=O)O)c21. The fourth-order valence-corrected chi connectivity index (χ4v) is 4.91. The van der Waals surface area contributed by atoms with E-state index < -0.39 is 73.5 Å². The highest BCUT2D eigenvalue weighted by molar-refractivity contribution is 6.35. The third kappa shape index (κ3) is 2.81. The Morgan fingerprint density at radius 1 is 0.806 bits per heavy atom. The molecule has 3 aromatic rings. The lowest BCUT2D eigenvalue weighted by Gasteiger charge is -2.38. The van der Waals surface area contributed by atoms with Crippen LogP contribution in [0.3, 0.4) is 0 Å². The summed E-state index contributed by atoms with van der Waals surface area (Å²) >= 11 is 12.5. The molecule has 5 rings (SSSR count). The van der Waals surface area contributed by atoms with Gasteiger partial charge in [0.1, 0.15) is 21.4 Å². The predicted molar refractivity (Wildman–Crippen MR) is 119 cm³/mol. The van der Waals surface area contributed by atoms with Crippen LogP contribution in [0, 0.1) is 0 Å². The molecule has 0 amide bonds. The summed E-state index contributed by atoms with van der Waals surface area (Å²) < 4.78 is 11.4.